The lowest BCUT2D eigenvalue weighted by molar-refractivity contribution is 0.241. The van der Waals surface area contributed by atoms with Crippen LogP contribution in [-0.2, 0) is 14.6 Å². The average molecular weight is 164 g/mol. The maximum atomic E-state index is 9.98. The van der Waals surface area contributed by atoms with Gasteiger partial charge in [0.25, 0.3) is 0 Å². The topological polar surface area (TPSA) is 63.6 Å². The van der Waals surface area contributed by atoms with Crippen LogP contribution in [0.15, 0.2) is 0 Å². The molecule has 1 atom stereocenters. The Kier molecular flexibility index (Phi) is 3.36. The van der Waals surface area contributed by atoms with Crippen molar-refractivity contribution in [3.8, 4) is 11.8 Å². The molecule has 0 aromatic heterocycles. The van der Waals surface area contributed by atoms with Crippen molar-refractivity contribution in [1.29, 1.82) is 0 Å². The number of hydrogen-bond donors (Lipinski definition) is 1. The lowest BCUT2D eigenvalue weighted by Gasteiger charge is -1.99. The zero-order valence-corrected chi connectivity index (χ0v) is 6.47. The Morgan fingerprint density at radius 1 is 1.60 bits per heavy atom. The molecule has 0 fully saturated rings. The van der Waals surface area contributed by atoms with Gasteiger partial charge in [-0.25, -0.2) is 4.18 Å². The zero-order chi connectivity index (χ0) is 8.20. The molecule has 0 rings (SSSR count). The van der Waals surface area contributed by atoms with E-state index in [2.05, 4.69) is 16.0 Å². The minimum absolute atomic E-state index is 0.792. The molecular weight excluding hydrogens is 156 g/mol. The second-order valence-electron chi connectivity index (χ2n) is 1.56. The lowest BCUT2D eigenvalue weighted by Crippen LogP contribution is -2.12. The van der Waals surface area contributed by atoms with Gasteiger partial charge in [0.2, 0.25) is 0 Å². The number of rotatable bonds is 2. The summed E-state index contributed by atoms with van der Waals surface area (Å²) in [6.07, 6.45) is -0.792. The largest absolute Gasteiger partial charge is 0.398 e. The molecular formula is C5H8O4S. The van der Waals surface area contributed by atoms with E-state index in [1.807, 2.05) is 0 Å². The fourth-order valence-electron chi connectivity index (χ4n) is 0.410. The highest BCUT2D eigenvalue weighted by atomic mass is 32.3. The van der Waals surface area contributed by atoms with Gasteiger partial charge < -0.3 is 0 Å². The Morgan fingerprint density at radius 3 is 2.40 bits per heavy atom. The van der Waals surface area contributed by atoms with Crippen LogP contribution in [0.3, 0.4) is 0 Å². The van der Waals surface area contributed by atoms with Gasteiger partial charge in [-0.15, -0.1) is 5.92 Å². The van der Waals surface area contributed by atoms with E-state index in [0.717, 1.165) is 0 Å². The van der Waals surface area contributed by atoms with Crippen LogP contribution in [0.4, 0.5) is 0 Å². The summed E-state index contributed by atoms with van der Waals surface area (Å²) in [4.78, 5) is 0. The van der Waals surface area contributed by atoms with Gasteiger partial charge in [-0.2, -0.15) is 8.42 Å². The smallest absolute Gasteiger partial charge is 0.263 e. The van der Waals surface area contributed by atoms with E-state index in [4.69, 9.17) is 4.55 Å². The summed E-state index contributed by atoms with van der Waals surface area (Å²) in [6.45, 7) is 2.97. The summed E-state index contributed by atoms with van der Waals surface area (Å²) in [5, 5.41) is 0. The molecule has 1 N–H and O–H groups in total. The second kappa shape index (κ2) is 3.56. The Bertz CT molecular complexity index is 243. The second-order valence-corrected chi connectivity index (χ2v) is 2.61. The summed E-state index contributed by atoms with van der Waals surface area (Å²) in [5.74, 6) is 4.83. The SMILES string of the molecule is CC#CC(C)OS(=O)(=O)O. The average Bonchev–Trinajstić information content (AvgIpc) is 1.59. The van der Waals surface area contributed by atoms with Crippen molar-refractivity contribution >= 4 is 10.4 Å². The third-order valence-electron chi connectivity index (χ3n) is 0.614. The minimum atomic E-state index is -4.35. The van der Waals surface area contributed by atoms with Crippen molar-refractivity contribution in [1.82, 2.24) is 0 Å². The molecule has 0 saturated carbocycles. The van der Waals surface area contributed by atoms with E-state index in [1.165, 1.54) is 6.92 Å². The van der Waals surface area contributed by atoms with Gasteiger partial charge in [-0.05, 0) is 13.8 Å². The molecule has 0 bridgehead atoms. The van der Waals surface area contributed by atoms with Gasteiger partial charge in [-0.1, -0.05) is 5.92 Å². The van der Waals surface area contributed by atoms with Crippen LogP contribution < -0.4 is 0 Å². The molecule has 5 heteroatoms. The standard InChI is InChI=1S/C5H8O4S/c1-3-4-5(2)9-10(6,7)8/h5H,1-2H3,(H,6,7,8). The number of hydrogen-bond acceptors (Lipinski definition) is 3. The molecule has 1 unspecified atom stereocenters. The van der Waals surface area contributed by atoms with Crippen LogP contribution in [0.25, 0.3) is 0 Å². The minimum Gasteiger partial charge on any atom is -0.263 e. The predicted octanol–water partition coefficient (Wildman–Crippen LogP) is 0.218. The Morgan fingerprint density at radius 2 is 2.10 bits per heavy atom. The van der Waals surface area contributed by atoms with Crippen molar-refractivity contribution in [3.05, 3.63) is 0 Å². The van der Waals surface area contributed by atoms with Gasteiger partial charge in [-0.3, -0.25) is 4.55 Å². The first-order valence-electron chi connectivity index (χ1n) is 2.53. The fraction of sp³-hybridized carbons (Fsp3) is 0.600. The van der Waals surface area contributed by atoms with Crippen molar-refractivity contribution in [2.75, 3.05) is 0 Å². The van der Waals surface area contributed by atoms with Gasteiger partial charge in [0.05, 0.1) is 0 Å². The van der Waals surface area contributed by atoms with Crippen LogP contribution >= 0.6 is 0 Å². The van der Waals surface area contributed by atoms with Crippen molar-refractivity contribution in [2.24, 2.45) is 0 Å². The molecule has 0 aliphatic carbocycles. The van der Waals surface area contributed by atoms with Crippen molar-refractivity contribution in [2.45, 2.75) is 20.0 Å². The van der Waals surface area contributed by atoms with Crippen LogP contribution in [0.5, 0.6) is 0 Å². The summed E-state index contributed by atoms with van der Waals surface area (Å²) >= 11 is 0. The van der Waals surface area contributed by atoms with E-state index in [0.29, 0.717) is 0 Å². The molecule has 58 valence electrons. The summed E-state index contributed by atoms with van der Waals surface area (Å²) in [6, 6.07) is 0. The first-order valence-corrected chi connectivity index (χ1v) is 3.90. The molecule has 0 spiro atoms. The molecule has 0 aromatic rings. The Balaban J connectivity index is 4.01. The molecule has 0 aliphatic rings. The lowest BCUT2D eigenvalue weighted by atomic mass is 10.4. The van der Waals surface area contributed by atoms with E-state index < -0.39 is 16.5 Å². The van der Waals surface area contributed by atoms with Gasteiger partial charge in [0.1, 0.15) is 6.10 Å². The van der Waals surface area contributed by atoms with Gasteiger partial charge in [0.15, 0.2) is 0 Å². The van der Waals surface area contributed by atoms with E-state index in [9.17, 15) is 8.42 Å². The monoisotopic (exact) mass is 164 g/mol. The molecule has 0 aromatic carbocycles. The molecule has 0 radical (unpaired) electrons. The highest BCUT2D eigenvalue weighted by Gasteiger charge is 2.08. The quantitative estimate of drug-likeness (QED) is 0.468. The maximum Gasteiger partial charge on any atom is 0.398 e. The summed E-state index contributed by atoms with van der Waals surface area (Å²) < 4.78 is 32.1. The van der Waals surface area contributed by atoms with Crippen LogP contribution in [0.1, 0.15) is 13.8 Å². The maximum absolute atomic E-state index is 9.98. The first-order chi connectivity index (χ1) is 4.45. The summed E-state index contributed by atoms with van der Waals surface area (Å²) in [7, 11) is -4.35. The van der Waals surface area contributed by atoms with E-state index in [1.54, 1.807) is 6.92 Å². The van der Waals surface area contributed by atoms with E-state index >= 15 is 0 Å². The van der Waals surface area contributed by atoms with Gasteiger partial charge in [0, 0.05) is 0 Å². The van der Waals surface area contributed by atoms with Gasteiger partial charge >= 0.3 is 10.4 Å². The molecule has 4 nitrogen and oxygen atoms in total. The van der Waals surface area contributed by atoms with Crippen LogP contribution in [0, 0.1) is 11.8 Å². The molecule has 0 heterocycles. The third kappa shape index (κ3) is 5.56. The van der Waals surface area contributed by atoms with Crippen molar-refractivity contribution < 1.29 is 17.2 Å². The Hall–Kier alpha value is -0.570. The van der Waals surface area contributed by atoms with Crippen LogP contribution in [0.2, 0.25) is 0 Å². The fourth-order valence-corrected chi connectivity index (χ4v) is 0.823. The van der Waals surface area contributed by atoms with Crippen molar-refractivity contribution in [3.63, 3.8) is 0 Å². The molecule has 0 aliphatic heterocycles. The molecule has 0 saturated heterocycles. The third-order valence-corrected chi connectivity index (χ3v) is 1.15. The normalized spacial score (nSPS) is 13.5. The highest BCUT2D eigenvalue weighted by molar-refractivity contribution is 7.80. The predicted molar refractivity (Wildman–Crippen MR) is 35.5 cm³/mol. The first kappa shape index (κ1) is 9.43. The Labute approximate surface area is 60.1 Å². The molecule has 0 amide bonds. The molecule has 10 heavy (non-hydrogen) atoms. The summed E-state index contributed by atoms with van der Waals surface area (Å²) in [5.41, 5.74) is 0. The zero-order valence-electron chi connectivity index (χ0n) is 5.66. The van der Waals surface area contributed by atoms with E-state index in [-0.39, 0.29) is 0 Å². The van der Waals surface area contributed by atoms with Crippen LogP contribution in [-0.4, -0.2) is 19.1 Å². The highest BCUT2D eigenvalue weighted by Crippen LogP contribution is 1.93.